The van der Waals surface area contributed by atoms with Crippen molar-refractivity contribution in [2.45, 2.75) is 40.2 Å². The highest BCUT2D eigenvalue weighted by Gasteiger charge is 2.28. The molecule has 0 saturated carbocycles. The lowest BCUT2D eigenvalue weighted by molar-refractivity contribution is 0.245. The lowest BCUT2D eigenvalue weighted by atomic mass is 9.78. The van der Waals surface area contributed by atoms with Crippen molar-refractivity contribution in [3.05, 3.63) is 21.9 Å². The van der Waals surface area contributed by atoms with Gasteiger partial charge in [0.2, 0.25) is 0 Å². The topological polar surface area (TPSA) is 12.0 Å². The molecule has 0 amide bonds. The summed E-state index contributed by atoms with van der Waals surface area (Å²) in [5.74, 6) is 0. The highest BCUT2D eigenvalue weighted by Crippen LogP contribution is 2.38. The molecule has 1 unspecified atom stereocenters. The SMILES string of the molecule is CCC(C)(C)C(NC)c1ccsc1C. The van der Waals surface area contributed by atoms with E-state index < -0.39 is 0 Å². The maximum Gasteiger partial charge on any atom is 0.0380 e. The zero-order chi connectivity index (χ0) is 10.8. The largest absolute Gasteiger partial charge is 0.313 e. The van der Waals surface area contributed by atoms with Crippen LogP contribution in [0, 0.1) is 12.3 Å². The molecule has 1 atom stereocenters. The molecule has 1 aromatic rings. The first kappa shape index (κ1) is 11.7. The van der Waals surface area contributed by atoms with Gasteiger partial charge < -0.3 is 5.32 Å². The van der Waals surface area contributed by atoms with Gasteiger partial charge in [-0.3, -0.25) is 0 Å². The van der Waals surface area contributed by atoms with E-state index in [1.165, 1.54) is 16.9 Å². The molecule has 1 heterocycles. The first-order valence-corrected chi connectivity index (χ1v) is 6.12. The molecule has 1 aromatic heterocycles. The van der Waals surface area contributed by atoms with Crippen LogP contribution in [0.1, 0.15) is 43.7 Å². The molecule has 0 radical (unpaired) electrons. The summed E-state index contributed by atoms with van der Waals surface area (Å²) in [7, 11) is 2.05. The summed E-state index contributed by atoms with van der Waals surface area (Å²) in [6.45, 7) is 9.11. The van der Waals surface area contributed by atoms with Crippen molar-refractivity contribution in [1.29, 1.82) is 0 Å². The number of hydrogen-bond donors (Lipinski definition) is 1. The van der Waals surface area contributed by atoms with Crippen molar-refractivity contribution in [2.75, 3.05) is 7.05 Å². The number of rotatable bonds is 4. The first-order valence-electron chi connectivity index (χ1n) is 5.24. The van der Waals surface area contributed by atoms with Gasteiger partial charge >= 0.3 is 0 Å². The van der Waals surface area contributed by atoms with Gasteiger partial charge in [0.15, 0.2) is 0 Å². The molecule has 1 rings (SSSR count). The third kappa shape index (κ3) is 2.18. The normalized spacial score (nSPS) is 14.4. The van der Waals surface area contributed by atoms with Gasteiger partial charge in [0, 0.05) is 10.9 Å². The number of aryl methyl sites for hydroxylation is 1. The van der Waals surface area contributed by atoms with Crippen LogP contribution in [0.25, 0.3) is 0 Å². The van der Waals surface area contributed by atoms with Crippen LogP contribution in [-0.2, 0) is 0 Å². The average molecular weight is 211 g/mol. The molecule has 0 spiro atoms. The van der Waals surface area contributed by atoms with Crippen molar-refractivity contribution >= 4 is 11.3 Å². The minimum absolute atomic E-state index is 0.320. The zero-order valence-corrected chi connectivity index (χ0v) is 10.7. The van der Waals surface area contributed by atoms with Gasteiger partial charge in [-0.25, -0.2) is 0 Å². The Kier molecular flexibility index (Phi) is 3.73. The van der Waals surface area contributed by atoms with Crippen LogP contribution >= 0.6 is 11.3 Å². The highest BCUT2D eigenvalue weighted by atomic mass is 32.1. The number of thiophene rings is 1. The van der Waals surface area contributed by atoms with Crippen LogP contribution in [-0.4, -0.2) is 7.05 Å². The Hall–Kier alpha value is -0.340. The predicted octanol–water partition coefficient (Wildman–Crippen LogP) is 3.75. The van der Waals surface area contributed by atoms with Crippen molar-refractivity contribution in [2.24, 2.45) is 5.41 Å². The van der Waals surface area contributed by atoms with E-state index in [-0.39, 0.29) is 0 Å². The van der Waals surface area contributed by atoms with Crippen molar-refractivity contribution in [3.8, 4) is 0 Å². The molecule has 0 aliphatic rings. The van der Waals surface area contributed by atoms with Gasteiger partial charge in [-0.05, 0) is 42.8 Å². The lowest BCUT2D eigenvalue weighted by Gasteiger charge is -2.33. The Morgan fingerprint density at radius 1 is 1.50 bits per heavy atom. The molecular formula is C12H21NS. The van der Waals surface area contributed by atoms with Crippen LogP contribution in [0.3, 0.4) is 0 Å². The first-order chi connectivity index (χ1) is 6.53. The smallest absolute Gasteiger partial charge is 0.0380 e. The molecule has 0 aromatic carbocycles. The number of hydrogen-bond acceptors (Lipinski definition) is 2. The van der Waals surface area contributed by atoms with Crippen molar-refractivity contribution < 1.29 is 0 Å². The summed E-state index contributed by atoms with van der Waals surface area (Å²) >= 11 is 1.83. The standard InChI is InChI=1S/C12H21NS/c1-6-12(3,4)11(13-5)10-7-8-14-9(10)2/h7-8,11,13H,6H2,1-5H3. The maximum atomic E-state index is 3.44. The summed E-state index contributed by atoms with van der Waals surface area (Å²) in [5, 5.41) is 5.62. The quantitative estimate of drug-likeness (QED) is 0.799. The minimum Gasteiger partial charge on any atom is -0.313 e. The summed E-state index contributed by atoms with van der Waals surface area (Å²) in [4.78, 5) is 1.44. The lowest BCUT2D eigenvalue weighted by Crippen LogP contribution is -2.31. The molecule has 0 bridgehead atoms. The fraction of sp³-hybridized carbons (Fsp3) is 0.667. The molecule has 0 aliphatic carbocycles. The van der Waals surface area contributed by atoms with E-state index in [1.807, 2.05) is 11.3 Å². The van der Waals surface area contributed by atoms with Gasteiger partial charge in [-0.1, -0.05) is 20.8 Å². The summed E-state index contributed by atoms with van der Waals surface area (Å²) in [5.41, 5.74) is 1.78. The van der Waals surface area contributed by atoms with Crippen LogP contribution in [0.15, 0.2) is 11.4 Å². The van der Waals surface area contributed by atoms with Crippen LogP contribution < -0.4 is 5.32 Å². The Morgan fingerprint density at radius 3 is 2.50 bits per heavy atom. The zero-order valence-electron chi connectivity index (χ0n) is 9.85. The van der Waals surface area contributed by atoms with E-state index in [0.29, 0.717) is 11.5 Å². The molecule has 0 fully saturated rings. The third-order valence-electron chi connectivity index (χ3n) is 3.19. The van der Waals surface area contributed by atoms with E-state index in [2.05, 4.69) is 51.5 Å². The highest BCUT2D eigenvalue weighted by molar-refractivity contribution is 7.10. The summed E-state index contributed by atoms with van der Waals surface area (Å²) < 4.78 is 0. The molecule has 0 saturated heterocycles. The molecule has 1 nitrogen and oxygen atoms in total. The second-order valence-corrected chi connectivity index (χ2v) is 5.62. The van der Waals surface area contributed by atoms with Crippen molar-refractivity contribution in [1.82, 2.24) is 5.32 Å². The summed E-state index contributed by atoms with van der Waals surface area (Å²) in [6.07, 6.45) is 1.19. The molecule has 2 heteroatoms. The van der Waals surface area contributed by atoms with Gasteiger partial charge in [-0.15, -0.1) is 11.3 Å². The van der Waals surface area contributed by atoms with Crippen LogP contribution in [0.5, 0.6) is 0 Å². The second kappa shape index (κ2) is 4.45. The molecule has 14 heavy (non-hydrogen) atoms. The molecule has 1 N–H and O–H groups in total. The number of nitrogens with one attached hydrogen (secondary N) is 1. The Bertz CT molecular complexity index is 288. The van der Waals surface area contributed by atoms with E-state index in [4.69, 9.17) is 0 Å². The van der Waals surface area contributed by atoms with Crippen LogP contribution in [0.4, 0.5) is 0 Å². The van der Waals surface area contributed by atoms with Gasteiger partial charge in [-0.2, -0.15) is 0 Å². The Morgan fingerprint density at radius 2 is 2.14 bits per heavy atom. The van der Waals surface area contributed by atoms with E-state index in [0.717, 1.165) is 0 Å². The molecule has 0 aliphatic heterocycles. The minimum atomic E-state index is 0.320. The monoisotopic (exact) mass is 211 g/mol. The van der Waals surface area contributed by atoms with E-state index in [9.17, 15) is 0 Å². The molecular weight excluding hydrogens is 190 g/mol. The molecule has 80 valence electrons. The second-order valence-electron chi connectivity index (χ2n) is 4.50. The predicted molar refractivity (Wildman–Crippen MR) is 64.9 cm³/mol. The Labute approximate surface area is 91.5 Å². The van der Waals surface area contributed by atoms with E-state index >= 15 is 0 Å². The fourth-order valence-electron chi connectivity index (χ4n) is 1.87. The third-order valence-corrected chi connectivity index (χ3v) is 4.05. The average Bonchev–Trinajstić information content (AvgIpc) is 2.53. The van der Waals surface area contributed by atoms with Gasteiger partial charge in [0.1, 0.15) is 0 Å². The summed E-state index contributed by atoms with van der Waals surface area (Å²) in [6, 6.07) is 2.72. The Balaban J connectivity index is 2.99. The van der Waals surface area contributed by atoms with Crippen molar-refractivity contribution in [3.63, 3.8) is 0 Å². The van der Waals surface area contributed by atoms with E-state index in [1.54, 1.807) is 0 Å². The van der Waals surface area contributed by atoms with Gasteiger partial charge in [0.05, 0.1) is 0 Å². The van der Waals surface area contributed by atoms with Gasteiger partial charge in [0.25, 0.3) is 0 Å². The van der Waals surface area contributed by atoms with Crippen LogP contribution in [0.2, 0.25) is 0 Å². The fourth-order valence-corrected chi connectivity index (χ4v) is 2.61. The maximum absolute atomic E-state index is 3.44.